The molecule has 0 N–H and O–H groups in total. The molecule has 0 nitrogen and oxygen atoms in total. The summed E-state index contributed by atoms with van der Waals surface area (Å²) in [6.07, 6.45) is 10.6. The van der Waals surface area contributed by atoms with Crippen molar-refractivity contribution in [2.45, 2.75) is 38.5 Å². The van der Waals surface area contributed by atoms with Crippen molar-refractivity contribution in [3.05, 3.63) is 86.5 Å². The first kappa shape index (κ1) is 20.9. The molecule has 0 bridgehead atoms. The molecule has 3 rings (SSSR count). The fourth-order valence-corrected chi connectivity index (χ4v) is 3.13. The first-order valence-electron chi connectivity index (χ1n) is 7.70. The molecule has 114 valence electrons. The predicted octanol–water partition coefficient (Wildman–Crippen LogP) is 6.35. The third kappa shape index (κ3) is 4.98. The number of benzene rings is 1. The average Bonchev–Trinajstić information content (AvgIpc) is 2.83. The fraction of sp³-hybridized carbons (Fsp3) is 0.286. The van der Waals surface area contributed by atoms with Crippen LogP contribution in [0.2, 0.25) is 0 Å². The zero-order valence-corrected chi connectivity index (χ0v) is 15.7. The van der Waals surface area contributed by atoms with Crippen LogP contribution in [-0.2, 0) is 25.8 Å². The summed E-state index contributed by atoms with van der Waals surface area (Å²) in [6.45, 7) is 15.3. The molecule has 2 aliphatic carbocycles. The molecule has 0 spiro atoms. The van der Waals surface area contributed by atoms with Crippen molar-refractivity contribution in [3.63, 3.8) is 0 Å². The number of rotatable bonds is 1. The molecule has 0 heterocycles. The molecule has 0 aromatic heterocycles. The van der Waals surface area contributed by atoms with E-state index in [1.807, 2.05) is 0 Å². The van der Waals surface area contributed by atoms with Crippen molar-refractivity contribution in [1.82, 2.24) is 0 Å². The second-order valence-electron chi connectivity index (χ2n) is 5.16. The Morgan fingerprint density at radius 2 is 1.82 bits per heavy atom. The van der Waals surface area contributed by atoms with Gasteiger partial charge < -0.3 is 0 Å². The molecule has 1 atom stereocenters. The van der Waals surface area contributed by atoms with Crippen molar-refractivity contribution in [2.24, 2.45) is 0 Å². The van der Waals surface area contributed by atoms with Gasteiger partial charge in [-0.2, -0.15) is 5.57 Å². The van der Waals surface area contributed by atoms with Gasteiger partial charge in [-0.3, -0.25) is 0 Å². The van der Waals surface area contributed by atoms with Crippen LogP contribution in [0.4, 0.5) is 0 Å². The Hall–Kier alpha value is -1.08. The minimum absolute atomic E-state index is 0. The summed E-state index contributed by atoms with van der Waals surface area (Å²) >= 11 is 0. The van der Waals surface area contributed by atoms with Crippen LogP contribution in [0.3, 0.4) is 0 Å². The standard InChI is InChI=1S/C15H17.2C3H5.Sc/c1-2-11-12-7-3-5-9-14(12)15-10-6-4-8-13(11)15;2*1-3-2;/h3,5,7-9,11H,2,4,6,10H2,1H3;2*3H,1-2H2;/q3*-1;+3. The molecule has 1 aromatic rings. The molecule has 0 aliphatic heterocycles. The van der Waals surface area contributed by atoms with Gasteiger partial charge in [-0.15, -0.1) is 6.42 Å². The quantitative estimate of drug-likeness (QED) is 0.528. The largest absolute Gasteiger partial charge is 3.00 e. The van der Waals surface area contributed by atoms with Gasteiger partial charge in [-0.05, 0) is 12.3 Å². The van der Waals surface area contributed by atoms with Crippen LogP contribution in [0, 0.1) is 20.3 Å². The Labute approximate surface area is 156 Å². The van der Waals surface area contributed by atoms with Gasteiger partial charge in [0.05, 0.1) is 0 Å². The number of hydrogen-bond acceptors (Lipinski definition) is 0. The normalized spacial score (nSPS) is 17.0. The van der Waals surface area contributed by atoms with Crippen molar-refractivity contribution in [2.75, 3.05) is 0 Å². The molecule has 0 amide bonds. The van der Waals surface area contributed by atoms with E-state index in [2.05, 4.69) is 64.6 Å². The minimum Gasteiger partial charge on any atom is -0.245 e. The van der Waals surface area contributed by atoms with E-state index in [0.717, 1.165) is 0 Å². The van der Waals surface area contributed by atoms with Crippen LogP contribution in [0.15, 0.2) is 55.1 Å². The Kier molecular flexibility index (Phi) is 10.9. The minimum atomic E-state index is 0. The van der Waals surface area contributed by atoms with Crippen LogP contribution >= 0.6 is 0 Å². The summed E-state index contributed by atoms with van der Waals surface area (Å²) in [4.78, 5) is 0. The molecule has 0 saturated heterocycles. The third-order valence-corrected chi connectivity index (χ3v) is 3.79. The molecule has 22 heavy (non-hydrogen) atoms. The van der Waals surface area contributed by atoms with E-state index in [9.17, 15) is 0 Å². The third-order valence-electron chi connectivity index (χ3n) is 3.79. The van der Waals surface area contributed by atoms with Crippen molar-refractivity contribution in [1.29, 1.82) is 0 Å². The molecule has 0 radical (unpaired) electrons. The summed E-state index contributed by atoms with van der Waals surface area (Å²) in [5.74, 6) is 0.691. The Morgan fingerprint density at radius 1 is 1.23 bits per heavy atom. The van der Waals surface area contributed by atoms with Gasteiger partial charge in [0.15, 0.2) is 0 Å². The maximum absolute atomic E-state index is 3.25. The Bertz CT molecular complexity index is 490. The Balaban J connectivity index is 0.000000554. The summed E-state index contributed by atoms with van der Waals surface area (Å²) in [6, 6.07) is 8.98. The van der Waals surface area contributed by atoms with E-state index in [4.69, 9.17) is 0 Å². The van der Waals surface area contributed by atoms with Crippen LogP contribution in [0.1, 0.15) is 49.7 Å². The topological polar surface area (TPSA) is 0 Å². The zero-order chi connectivity index (χ0) is 15.7. The number of hydrogen-bond donors (Lipinski definition) is 0. The molecule has 1 unspecified atom stereocenters. The second kappa shape index (κ2) is 11.5. The van der Waals surface area contributed by atoms with Gasteiger partial charge in [0, 0.05) is 0 Å². The summed E-state index contributed by atoms with van der Waals surface area (Å²) in [5.41, 5.74) is 6.40. The molecular weight excluding hydrogens is 297 g/mol. The van der Waals surface area contributed by atoms with E-state index < -0.39 is 0 Å². The molecule has 0 saturated carbocycles. The molecular formula is C21H27Sc. The monoisotopic (exact) mass is 324 g/mol. The number of fused-ring (bicyclic) bond motifs is 2. The average molecular weight is 324 g/mol. The van der Waals surface area contributed by atoms with Crippen LogP contribution < -0.4 is 0 Å². The SMILES string of the molecule is C=C[CH2-].C=C[CH2-].CCC1C2=C(CCC[CH-]2)c2ccccc21.[Sc+3]. The maximum atomic E-state index is 3.25. The summed E-state index contributed by atoms with van der Waals surface area (Å²) in [7, 11) is 0. The molecule has 1 heteroatoms. The van der Waals surface area contributed by atoms with E-state index in [1.165, 1.54) is 43.4 Å². The van der Waals surface area contributed by atoms with Gasteiger partial charge in [0.25, 0.3) is 0 Å². The van der Waals surface area contributed by atoms with Crippen LogP contribution in [0.5, 0.6) is 0 Å². The van der Waals surface area contributed by atoms with Gasteiger partial charge in [0.1, 0.15) is 0 Å². The van der Waals surface area contributed by atoms with Crippen LogP contribution in [0.25, 0.3) is 5.57 Å². The van der Waals surface area contributed by atoms with Gasteiger partial charge in [-0.1, -0.05) is 55.2 Å². The van der Waals surface area contributed by atoms with Gasteiger partial charge in [0.2, 0.25) is 0 Å². The smallest absolute Gasteiger partial charge is 0.245 e. The van der Waals surface area contributed by atoms with Crippen molar-refractivity contribution < 1.29 is 25.8 Å². The van der Waals surface area contributed by atoms with Crippen LogP contribution in [-0.4, -0.2) is 0 Å². The summed E-state index contributed by atoms with van der Waals surface area (Å²) in [5, 5.41) is 0. The maximum Gasteiger partial charge on any atom is 3.00 e. The first-order valence-corrected chi connectivity index (χ1v) is 7.70. The molecule has 1 aromatic carbocycles. The number of allylic oxidation sites excluding steroid dienone is 4. The van der Waals surface area contributed by atoms with Gasteiger partial charge in [-0.25, -0.2) is 51.2 Å². The van der Waals surface area contributed by atoms with Crippen molar-refractivity contribution in [3.8, 4) is 0 Å². The zero-order valence-electron chi connectivity index (χ0n) is 13.9. The van der Waals surface area contributed by atoms with Gasteiger partial charge >= 0.3 is 25.8 Å². The Morgan fingerprint density at radius 3 is 2.41 bits per heavy atom. The fourth-order valence-electron chi connectivity index (χ4n) is 3.13. The first-order chi connectivity index (χ1) is 10.2. The second-order valence-corrected chi connectivity index (χ2v) is 5.16. The van der Waals surface area contributed by atoms with Crippen molar-refractivity contribution >= 4 is 5.57 Å². The van der Waals surface area contributed by atoms with E-state index in [1.54, 1.807) is 16.7 Å². The molecule has 2 aliphatic rings. The van der Waals surface area contributed by atoms with E-state index in [-0.39, 0.29) is 25.8 Å². The predicted molar refractivity (Wildman–Crippen MR) is 95.7 cm³/mol. The summed E-state index contributed by atoms with van der Waals surface area (Å²) < 4.78 is 0. The van der Waals surface area contributed by atoms with E-state index >= 15 is 0 Å². The molecule has 0 fully saturated rings. The van der Waals surface area contributed by atoms with E-state index in [0.29, 0.717) is 5.92 Å².